The van der Waals surface area contributed by atoms with Crippen LogP contribution in [0.2, 0.25) is 5.02 Å². The van der Waals surface area contributed by atoms with E-state index >= 15 is 0 Å². The third-order valence-electron chi connectivity index (χ3n) is 3.41. The number of hydrogen-bond acceptors (Lipinski definition) is 4. The lowest BCUT2D eigenvalue weighted by molar-refractivity contribution is -0.118. The van der Waals surface area contributed by atoms with Crippen molar-refractivity contribution in [1.29, 1.82) is 0 Å². The number of nitrogens with one attached hydrogen (secondary N) is 1. The Hall–Kier alpha value is -1.99. The molecule has 2 aromatic rings. The first-order chi connectivity index (χ1) is 12.0. The lowest BCUT2D eigenvalue weighted by atomic mass is 10.2. The van der Waals surface area contributed by atoms with Gasteiger partial charge in [0.1, 0.15) is 13.2 Å². The van der Waals surface area contributed by atoms with E-state index in [4.69, 9.17) is 21.1 Å². The summed E-state index contributed by atoms with van der Waals surface area (Å²) in [7, 11) is 0. The minimum Gasteiger partial charge on any atom is -0.486 e. The van der Waals surface area contributed by atoms with Crippen LogP contribution < -0.4 is 14.8 Å². The number of ether oxygens (including phenoxy) is 2. The average molecular weight is 386 g/mol. The van der Waals surface area contributed by atoms with E-state index in [9.17, 15) is 13.6 Å². The van der Waals surface area contributed by atoms with Gasteiger partial charge >= 0.3 is 0 Å². The van der Waals surface area contributed by atoms with E-state index in [-0.39, 0.29) is 18.2 Å². The first-order valence-electron chi connectivity index (χ1n) is 7.45. The van der Waals surface area contributed by atoms with Crippen molar-refractivity contribution in [3.63, 3.8) is 0 Å². The molecule has 1 heterocycles. The number of rotatable bonds is 5. The van der Waals surface area contributed by atoms with Crippen LogP contribution in [0.5, 0.6) is 11.5 Å². The Morgan fingerprint density at radius 2 is 1.96 bits per heavy atom. The van der Waals surface area contributed by atoms with Crippen LogP contribution in [-0.2, 0) is 11.3 Å². The fourth-order valence-electron chi connectivity index (χ4n) is 2.23. The molecule has 2 aromatic carbocycles. The number of benzene rings is 2. The Morgan fingerprint density at radius 1 is 1.16 bits per heavy atom. The molecule has 1 amide bonds. The molecule has 3 rings (SSSR count). The van der Waals surface area contributed by atoms with Crippen molar-refractivity contribution in [3.05, 3.63) is 52.6 Å². The second-order valence-corrected chi connectivity index (χ2v) is 6.70. The fraction of sp³-hybridized carbons (Fsp3) is 0.235. The highest BCUT2D eigenvalue weighted by atomic mass is 35.5. The summed E-state index contributed by atoms with van der Waals surface area (Å²) in [6, 6.07) is 7.00. The van der Waals surface area contributed by atoms with Crippen molar-refractivity contribution < 1.29 is 23.0 Å². The Morgan fingerprint density at radius 3 is 2.76 bits per heavy atom. The van der Waals surface area contributed by atoms with Crippen LogP contribution in [0.4, 0.5) is 8.78 Å². The minimum absolute atomic E-state index is 0.0867. The Bertz CT molecular complexity index is 804. The molecule has 0 fully saturated rings. The number of fused-ring (bicyclic) bond motifs is 1. The molecule has 0 saturated carbocycles. The van der Waals surface area contributed by atoms with Crippen molar-refractivity contribution in [2.75, 3.05) is 19.0 Å². The van der Waals surface area contributed by atoms with Gasteiger partial charge in [-0.1, -0.05) is 11.6 Å². The second-order valence-electron chi connectivity index (χ2n) is 5.24. The van der Waals surface area contributed by atoms with Crippen LogP contribution in [0.3, 0.4) is 0 Å². The van der Waals surface area contributed by atoms with Gasteiger partial charge in [0.15, 0.2) is 23.1 Å². The maximum absolute atomic E-state index is 13.1. The van der Waals surface area contributed by atoms with Gasteiger partial charge in [0.25, 0.3) is 0 Å². The van der Waals surface area contributed by atoms with Gasteiger partial charge in [-0.3, -0.25) is 4.79 Å². The molecule has 0 bridgehead atoms. The molecule has 0 aromatic heterocycles. The third kappa shape index (κ3) is 4.55. The van der Waals surface area contributed by atoms with Gasteiger partial charge in [-0.25, -0.2) is 8.78 Å². The van der Waals surface area contributed by atoms with Crippen LogP contribution in [0, 0.1) is 11.6 Å². The molecule has 132 valence electrons. The predicted molar refractivity (Wildman–Crippen MR) is 91.4 cm³/mol. The first kappa shape index (κ1) is 17.8. The van der Waals surface area contributed by atoms with Crippen molar-refractivity contribution in [1.82, 2.24) is 5.32 Å². The smallest absolute Gasteiger partial charge is 0.230 e. The zero-order chi connectivity index (χ0) is 17.8. The molecule has 0 atom stereocenters. The maximum Gasteiger partial charge on any atom is 0.230 e. The summed E-state index contributed by atoms with van der Waals surface area (Å²) < 4.78 is 36.9. The van der Waals surface area contributed by atoms with Crippen molar-refractivity contribution in [2.45, 2.75) is 11.4 Å². The number of thioether (sulfide) groups is 1. The normalized spacial score (nSPS) is 12.8. The van der Waals surface area contributed by atoms with Gasteiger partial charge in [0.05, 0.1) is 10.8 Å². The van der Waals surface area contributed by atoms with Gasteiger partial charge < -0.3 is 14.8 Å². The highest BCUT2D eigenvalue weighted by molar-refractivity contribution is 8.00. The molecule has 8 heteroatoms. The maximum atomic E-state index is 13.1. The molecule has 0 saturated heterocycles. The minimum atomic E-state index is -0.934. The quantitative estimate of drug-likeness (QED) is 0.795. The molecule has 0 radical (unpaired) electrons. The number of amides is 1. The zero-order valence-electron chi connectivity index (χ0n) is 13.0. The van der Waals surface area contributed by atoms with Gasteiger partial charge in [-0.2, -0.15) is 0 Å². The molecule has 1 N–H and O–H groups in total. The van der Waals surface area contributed by atoms with E-state index in [1.165, 1.54) is 6.07 Å². The van der Waals surface area contributed by atoms with Crippen LogP contribution >= 0.6 is 23.4 Å². The van der Waals surface area contributed by atoms with Gasteiger partial charge in [-0.05, 0) is 35.9 Å². The van der Waals surface area contributed by atoms with Crippen molar-refractivity contribution in [3.8, 4) is 11.5 Å². The van der Waals surface area contributed by atoms with Crippen molar-refractivity contribution >= 4 is 29.3 Å². The third-order valence-corrected chi connectivity index (χ3v) is 4.68. The van der Waals surface area contributed by atoms with E-state index in [0.29, 0.717) is 34.6 Å². The number of carbonyl (C=O) groups excluding carboxylic acids is 1. The highest BCUT2D eigenvalue weighted by Crippen LogP contribution is 2.38. The van der Waals surface area contributed by atoms with Gasteiger partial charge in [0.2, 0.25) is 5.91 Å². The van der Waals surface area contributed by atoms with E-state index in [1.54, 1.807) is 12.1 Å². The van der Waals surface area contributed by atoms with Crippen molar-refractivity contribution in [2.24, 2.45) is 0 Å². The van der Waals surface area contributed by atoms with E-state index in [0.717, 1.165) is 29.5 Å². The molecule has 1 aliphatic rings. The largest absolute Gasteiger partial charge is 0.486 e. The van der Waals surface area contributed by atoms with E-state index < -0.39 is 11.6 Å². The first-order valence-corrected chi connectivity index (χ1v) is 8.82. The molecule has 0 aliphatic carbocycles. The van der Waals surface area contributed by atoms with Crippen LogP contribution in [-0.4, -0.2) is 24.9 Å². The standard InChI is InChI=1S/C17H14ClF2NO3S/c18-12-5-10(6-15-17(12)24-4-3-23-15)8-21-16(22)9-25-11-1-2-13(19)14(20)7-11/h1-2,5-7H,3-4,8-9H2,(H,21,22). The summed E-state index contributed by atoms with van der Waals surface area (Å²) in [5, 5.41) is 3.17. The molecule has 25 heavy (non-hydrogen) atoms. The topological polar surface area (TPSA) is 47.6 Å². The zero-order valence-corrected chi connectivity index (χ0v) is 14.6. The van der Waals surface area contributed by atoms with Crippen LogP contribution in [0.15, 0.2) is 35.2 Å². The number of halogens is 3. The molecule has 4 nitrogen and oxygen atoms in total. The van der Waals surface area contributed by atoms with Gasteiger partial charge in [-0.15, -0.1) is 11.8 Å². The van der Waals surface area contributed by atoms with Crippen LogP contribution in [0.1, 0.15) is 5.56 Å². The highest BCUT2D eigenvalue weighted by Gasteiger charge is 2.17. The average Bonchev–Trinajstić information content (AvgIpc) is 2.61. The lowest BCUT2D eigenvalue weighted by Gasteiger charge is -2.20. The summed E-state index contributed by atoms with van der Waals surface area (Å²) in [6.07, 6.45) is 0. The van der Waals surface area contributed by atoms with E-state index in [2.05, 4.69) is 5.32 Å². The molecule has 0 spiro atoms. The SMILES string of the molecule is O=C(CSc1ccc(F)c(F)c1)NCc1cc(Cl)c2c(c1)OCCO2. The predicted octanol–water partition coefficient (Wildman–Crippen LogP) is 3.80. The Balaban J connectivity index is 1.53. The summed E-state index contributed by atoms with van der Waals surface area (Å²) in [4.78, 5) is 12.4. The lowest BCUT2D eigenvalue weighted by Crippen LogP contribution is -2.24. The number of carbonyl (C=O) groups is 1. The summed E-state index contributed by atoms with van der Waals surface area (Å²) in [5.41, 5.74) is 0.778. The summed E-state index contributed by atoms with van der Waals surface area (Å²) in [6.45, 7) is 1.17. The molecular formula is C17H14ClF2NO3S. The fourth-order valence-corrected chi connectivity index (χ4v) is 3.27. The van der Waals surface area contributed by atoms with Gasteiger partial charge in [0, 0.05) is 11.4 Å². The monoisotopic (exact) mass is 385 g/mol. The molecular weight excluding hydrogens is 372 g/mol. The molecule has 1 aliphatic heterocycles. The van der Waals surface area contributed by atoms with Crippen LogP contribution in [0.25, 0.3) is 0 Å². The Labute approximate surface area is 152 Å². The summed E-state index contributed by atoms with van der Waals surface area (Å²) in [5.74, 6) is -0.930. The number of hydrogen-bond donors (Lipinski definition) is 1. The Kier molecular flexibility index (Phi) is 5.65. The second kappa shape index (κ2) is 7.93. The summed E-state index contributed by atoms with van der Waals surface area (Å²) >= 11 is 7.27. The molecule has 0 unspecified atom stereocenters. The van der Waals surface area contributed by atoms with E-state index in [1.807, 2.05) is 0 Å².